The second-order valence-electron chi connectivity index (χ2n) is 28.0. The minimum Gasteiger partial charge on any atom is -0.405 e. The summed E-state index contributed by atoms with van der Waals surface area (Å²) in [6, 6.07) is 89.6. The largest absolute Gasteiger partial charge is 0.488 e. The van der Waals surface area contributed by atoms with Crippen LogP contribution in [0.15, 0.2) is 243 Å². The van der Waals surface area contributed by atoms with Gasteiger partial charge in [0.25, 0.3) is 0 Å². The van der Waals surface area contributed by atoms with Gasteiger partial charge >= 0.3 is 21.1 Å². The molecule has 3 fully saturated rings. The molecule has 17 rings (SSSR count). The van der Waals surface area contributed by atoms with E-state index in [1.165, 1.54) is 111 Å². The molecule has 4 aliphatic carbocycles. The number of hydrogen-bond acceptors (Lipinski definition) is 6. The fourth-order valence-corrected chi connectivity index (χ4v) is 15.1. The van der Waals surface area contributed by atoms with Crippen molar-refractivity contribution in [1.82, 2.24) is 0 Å². The maximum atomic E-state index is 5.96. The van der Waals surface area contributed by atoms with Crippen LogP contribution in [0.2, 0.25) is 6.82 Å². The third-order valence-electron chi connectivity index (χ3n) is 21.4. The highest BCUT2D eigenvalue weighted by molar-refractivity contribution is 7.11. The molecule has 0 amide bonds. The molecule has 92 heavy (non-hydrogen) atoms. The summed E-state index contributed by atoms with van der Waals surface area (Å²) in [4.78, 5) is 0. The average Bonchev–Trinajstić information content (AvgIpc) is 1.52. The van der Waals surface area contributed by atoms with Gasteiger partial charge < -0.3 is 27.9 Å². The number of benzene rings is 10. The summed E-state index contributed by atoms with van der Waals surface area (Å²) in [5.74, 6) is 0. The lowest BCUT2D eigenvalue weighted by Gasteiger charge is -2.35. The van der Waals surface area contributed by atoms with Gasteiger partial charge in [0, 0.05) is 0 Å². The molecular formula is C83H85B3O6. The zero-order valence-corrected chi connectivity index (χ0v) is 56.3. The molecule has 9 heteroatoms. The van der Waals surface area contributed by atoms with E-state index in [-0.39, 0.29) is 51.6 Å². The van der Waals surface area contributed by atoms with Crippen molar-refractivity contribution in [1.29, 1.82) is 0 Å². The molecule has 0 radical (unpaired) electrons. The van der Waals surface area contributed by atoms with Crippen LogP contribution < -0.4 is 0 Å². The van der Waals surface area contributed by atoms with Crippen LogP contribution in [0.4, 0.5) is 0 Å². The Balaban J connectivity index is 0.000000119. The smallest absolute Gasteiger partial charge is 0.405 e. The highest BCUT2D eigenvalue weighted by atomic mass is 16.7. The van der Waals surface area contributed by atoms with E-state index < -0.39 is 14.0 Å². The van der Waals surface area contributed by atoms with Crippen molar-refractivity contribution in [2.75, 3.05) is 0 Å². The molecule has 0 aromatic heterocycles. The lowest BCUT2D eigenvalue weighted by Crippen LogP contribution is -2.41. The summed E-state index contributed by atoms with van der Waals surface area (Å²) in [6.45, 7) is 30.3. The Morgan fingerprint density at radius 3 is 0.478 bits per heavy atom. The molecule has 2 spiro atoms. The number of hydrogen-bond donors (Lipinski definition) is 0. The molecule has 6 nitrogen and oxygen atoms in total. The molecule has 0 unspecified atom stereocenters. The van der Waals surface area contributed by atoms with E-state index in [1.807, 2.05) is 76.1 Å². The van der Waals surface area contributed by atoms with Crippen LogP contribution in [0, 0.1) is 0 Å². The first-order chi connectivity index (χ1) is 44.0. The molecule has 0 saturated carbocycles. The first-order valence-electron chi connectivity index (χ1n) is 33.1. The van der Waals surface area contributed by atoms with Gasteiger partial charge in [-0.05, 0) is 201 Å². The Hall–Kier alpha value is -7.85. The van der Waals surface area contributed by atoms with Crippen molar-refractivity contribution < 1.29 is 27.9 Å². The predicted molar refractivity (Wildman–Crippen MR) is 382 cm³/mol. The second-order valence-corrected chi connectivity index (χ2v) is 28.0. The molecular weight excluding hydrogens is 1130 g/mol. The van der Waals surface area contributed by atoms with E-state index >= 15 is 0 Å². The van der Waals surface area contributed by atoms with Crippen LogP contribution in [0.1, 0.15) is 141 Å². The second kappa shape index (κ2) is 23.3. The normalized spacial score (nSPS) is 19.0. The van der Waals surface area contributed by atoms with Gasteiger partial charge in [0.15, 0.2) is 0 Å². The summed E-state index contributed by atoms with van der Waals surface area (Å²) in [5, 5.41) is 0. The zero-order chi connectivity index (χ0) is 64.8. The van der Waals surface area contributed by atoms with Crippen molar-refractivity contribution in [3.05, 3.63) is 287 Å². The van der Waals surface area contributed by atoms with E-state index in [1.54, 1.807) is 0 Å². The molecule has 10 aromatic rings. The van der Waals surface area contributed by atoms with Crippen LogP contribution in [-0.4, -0.2) is 54.7 Å². The lowest BCUT2D eigenvalue weighted by atomic mass is 9.49. The van der Waals surface area contributed by atoms with Crippen molar-refractivity contribution in [3.63, 3.8) is 0 Å². The van der Waals surface area contributed by atoms with Crippen LogP contribution >= 0.6 is 0 Å². The van der Waals surface area contributed by atoms with Crippen LogP contribution in [0.25, 0.3) is 66.8 Å². The molecule has 3 aliphatic heterocycles. The SMILES string of the molecule is CB1OC(C)(C)C(C)(C)O1.CC.CC1(C)OB(B2OC(C)(C)C(C)(C)O2)OC1(C)C.c1ccc2c(c1)-c1ccccc1C1(c3ccccc3-2)c2ccccc2-c2ccccc21.c1ccc2c(c1)-c1ccccc1C1(c3ccccc3-2)c2ccccc2-c2ccccc21. The van der Waals surface area contributed by atoms with E-state index in [4.69, 9.17) is 27.9 Å². The van der Waals surface area contributed by atoms with E-state index in [0.717, 1.165) is 0 Å². The Morgan fingerprint density at radius 2 is 0.326 bits per heavy atom. The fourth-order valence-electron chi connectivity index (χ4n) is 15.1. The Bertz CT molecular complexity index is 3880. The summed E-state index contributed by atoms with van der Waals surface area (Å²) in [5.41, 5.74) is 24.4. The van der Waals surface area contributed by atoms with Gasteiger partial charge in [-0.25, -0.2) is 0 Å². The number of fused-ring (bicyclic) bond motifs is 24. The van der Waals surface area contributed by atoms with E-state index in [9.17, 15) is 0 Å². The average molecular weight is 1210 g/mol. The van der Waals surface area contributed by atoms with Crippen LogP contribution in [0.5, 0.6) is 0 Å². The van der Waals surface area contributed by atoms with Crippen molar-refractivity contribution in [3.8, 4) is 66.8 Å². The van der Waals surface area contributed by atoms with Gasteiger partial charge in [0.2, 0.25) is 0 Å². The molecule has 0 N–H and O–H groups in total. The van der Waals surface area contributed by atoms with Gasteiger partial charge in [0.05, 0.1) is 44.4 Å². The number of rotatable bonds is 1. The third-order valence-corrected chi connectivity index (χ3v) is 21.4. The molecule has 0 bridgehead atoms. The highest BCUT2D eigenvalue weighted by Crippen LogP contribution is 2.63. The monoisotopic (exact) mass is 1210 g/mol. The van der Waals surface area contributed by atoms with Gasteiger partial charge in [-0.3, -0.25) is 0 Å². The van der Waals surface area contributed by atoms with Crippen LogP contribution in [-0.2, 0) is 38.8 Å². The van der Waals surface area contributed by atoms with Gasteiger partial charge in [-0.1, -0.05) is 257 Å². The maximum absolute atomic E-state index is 5.96. The summed E-state index contributed by atoms with van der Waals surface area (Å²) in [6.07, 6.45) is 0. The summed E-state index contributed by atoms with van der Waals surface area (Å²) >= 11 is 0. The zero-order valence-electron chi connectivity index (χ0n) is 56.3. The molecule has 10 aromatic carbocycles. The van der Waals surface area contributed by atoms with Gasteiger partial charge in [-0.2, -0.15) is 0 Å². The molecule has 3 heterocycles. The molecule has 0 atom stereocenters. The minimum absolute atomic E-state index is 0.0648. The fraction of sp³-hybridized carbons (Fsp3) is 0.277. The highest BCUT2D eigenvalue weighted by Gasteiger charge is 2.64. The predicted octanol–water partition coefficient (Wildman–Crippen LogP) is 20.4. The van der Waals surface area contributed by atoms with Crippen LogP contribution in [0.3, 0.4) is 0 Å². The first kappa shape index (κ1) is 62.9. The quantitative estimate of drug-likeness (QED) is 0.153. The van der Waals surface area contributed by atoms with Gasteiger partial charge in [-0.15, -0.1) is 0 Å². The Morgan fingerprint density at radius 1 is 0.196 bits per heavy atom. The van der Waals surface area contributed by atoms with E-state index in [2.05, 4.69) is 270 Å². The maximum Gasteiger partial charge on any atom is 0.488 e. The molecule has 3 saturated heterocycles. The molecule has 7 aliphatic rings. The minimum atomic E-state index is -0.476. The molecule has 462 valence electrons. The van der Waals surface area contributed by atoms with Crippen molar-refractivity contribution >= 4 is 21.1 Å². The Labute approximate surface area is 548 Å². The first-order valence-corrected chi connectivity index (χ1v) is 33.1. The van der Waals surface area contributed by atoms with E-state index in [0.29, 0.717) is 0 Å². The van der Waals surface area contributed by atoms with Crippen molar-refractivity contribution in [2.45, 2.75) is 148 Å². The standard InChI is InChI=1S/2C31H20.C12H24B2O4.C7H15BO2.C2H6/c2*1-2-12-22-21(11-1)23-13-3-7-17-27(23)31(28-18-8-4-14-24(22)28)29-19-9-5-15-25(29)26-16-6-10-20-30(26)31;1-9(2)10(3,4)16-13(15-9)14-17-11(5,6)12(7,8)18-14;1-6(2)7(3,4)10-8(5)9-6;1-2/h2*1-20H;1-8H3;1-5H3;1-2H3. The third kappa shape index (κ3) is 9.78. The van der Waals surface area contributed by atoms with Gasteiger partial charge in [0.1, 0.15) is 0 Å². The Kier molecular flexibility index (Phi) is 15.9. The topological polar surface area (TPSA) is 55.4 Å². The summed E-state index contributed by atoms with van der Waals surface area (Å²) in [7, 11) is -1.02. The summed E-state index contributed by atoms with van der Waals surface area (Å²) < 4.78 is 34.9. The lowest BCUT2D eigenvalue weighted by molar-refractivity contribution is 0.00578. The van der Waals surface area contributed by atoms with Crippen molar-refractivity contribution in [2.24, 2.45) is 0 Å².